The van der Waals surface area contributed by atoms with Crippen LogP contribution in [0.2, 0.25) is 0 Å². The van der Waals surface area contributed by atoms with Gasteiger partial charge in [0.15, 0.2) is 0 Å². The van der Waals surface area contributed by atoms with Crippen molar-refractivity contribution in [1.29, 1.82) is 0 Å². The maximum Gasteiger partial charge on any atom is 0.264 e. The van der Waals surface area contributed by atoms with Gasteiger partial charge in [-0.2, -0.15) is 0 Å². The van der Waals surface area contributed by atoms with Crippen LogP contribution in [0.25, 0.3) is 16.9 Å². The summed E-state index contributed by atoms with van der Waals surface area (Å²) in [5.74, 6) is 0. The minimum absolute atomic E-state index is 0.123. The Labute approximate surface area is 104 Å². The second-order valence-corrected chi connectivity index (χ2v) is 3.93. The third-order valence-electron chi connectivity index (χ3n) is 2.70. The molecule has 0 unspecified atom stereocenters. The summed E-state index contributed by atoms with van der Waals surface area (Å²) in [7, 11) is 0. The molecule has 0 aliphatic rings. The van der Waals surface area contributed by atoms with E-state index in [0.29, 0.717) is 0 Å². The van der Waals surface area contributed by atoms with E-state index < -0.39 is 0 Å². The number of H-pyrrole nitrogens is 1. The first-order chi connectivity index (χ1) is 8.83. The van der Waals surface area contributed by atoms with Crippen LogP contribution in [0.5, 0.6) is 0 Å². The van der Waals surface area contributed by atoms with Crippen LogP contribution in [0.1, 0.15) is 0 Å². The van der Waals surface area contributed by atoms with Gasteiger partial charge in [0.05, 0.1) is 17.6 Å². The lowest BCUT2D eigenvalue weighted by molar-refractivity contribution is 0.858. The molecule has 0 bridgehead atoms. The molecule has 18 heavy (non-hydrogen) atoms. The lowest BCUT2D eigenvalue weighted by Crippen LogP contribution is -2.03. The van der Waals surface area contributed by atoms with Gasteiger partial charge in [0, 0.05) is 17.8 Å². The molecule has 88 valence electrons. The van der Waals surface area contributed by atoms with E-state index in [1.807, 2.05) is 42.5 Å². The molecule has 0 radical (unpaired) electrons. The van der Waals surface area contributed by atoms with E-state index in [4.69, 9.17) is 0 Å². The number of nitrogens with zero attached hydrogens (tertiary/aromatic N) is 2. The number of rotatable bonds is 2. The second-order valence-electron chi connectivity index (χ2n) is 3.93. The fourth-order valence-electron chi connectivity index (χ4n) is 1.79. The van der Waals surface area contributed by atoms with Gasteiger partial charge in [-0.3, -0.25) is 19.6 Å². The lowest BCUT2D eigenvalue weighted by atomic mass is 10.1. The lowest BCUT2D eigenvalue weighted by Gasteiger charge is -2.04. The van der Waals surface area contributed by atoms with Gasteiger partial charge in [-0.1, -0.05) is 30.3 Å². The average molecular weight is 237 g/mol. The Morgan fingerprint density at radius 1 is 1.00 bits per heavy atom. The minimum Gasteiger partial charge on any atom is -0.268 e. The van der Waals surface area contributed by atoms with Gasteiger partial charge < -0.3 is 0 Å². The molecule has 0 amide bonds. The summed E-state index contributed by atoms with van der Waals surface area (Å²) in [6, 6.07) is 15.3. The summed E-state index contributed by atoms with van der Waals surface area (Å²) in [5.41, 5.74) is 2.69. The molecule has 2 heterocycles. The van der Waals surface area contributed by atoms with Crippen LogP contribution in [-0.4, -0.2) is 14.8 Å². The molecule has 2 aromatic heterocycles. The molecular formula is C14H11N3O. The molecular weight excluding hydrogens is 226 g/mol. The smallest absolute Gasteiger partial charge is 0.264 e. The molecule has 0 aliphatic heterocycles. The van der Waals surface area contributed by atoms with Gasteiger partial charge >= 0.3 is 0 Å². The third kappa shape index (κ3) is 1.96. The van der Waals surface area contributed by atoms with Gasteiger partial charge in [-0.25, -0.2) is 0 Å². The SMILES string of the molecule is O=c1ccn(-c2ccc(-c3ccccc3)nc2)[nH]1. The number of aromatic nitrogens is 3. The quantitative estimate of drug-likeness (QED) is 0.743. The van der Waals surface area contributed by atoms with Crippen LogP contribution >= 0.6 is 0 Å². The standard InChI is InChI=1S/C14H11N3O/c18-14-8-9-17(16-14)12-6-7-13(15-10-12)11-4-2-1-3-5-11/h1-10H,(H,16,18). The van der Waals surface area contributed by atoms with E-state index in [1.54, 1.807) is 17.1 Å². The van der Waals surface area contributed by atoms with Crippen LogP contribution in [0.3, 0.4) is 0 Å². The normalized spacial score (nSPS) is 10.4. The van der Waals surface area contributed by atoms with Crippen LogP contribution in [0, 0.1) is 0 Å². The van der Waals surface area contributed by atoms with Gasteiger partial charge in [0.25, 0.3) is 5.56 Å². The third-order valence-corrected chi connectivity index (χ3v) is 2.70. The van der Waals surface area contributed by atoms with Crippen molar-refractivity contribution in [2.75, 3.05) is 0 Å². The molecule has 1 aromatic carbocycles. The van der Waals surface area contributed by atoms with E-state index >= 15 is 0 Å². The summed E-state index contributed by atoms with van der Waals surface area (Å²) in [6.07, 6.45) is 3.42. The molecule has 0 aliphatic carbocycles. The Morgan fingerprint density at radius 2 is 1.83 bits per heavy atom. The highest BCUT2D eigenvalue weighted by Crippen LogP contribution is 2.16. The molecule has 0 spiro atoms. The first-order valence-corrected chi connectivity index (χ1v) is 5.62. The molecule has 4 nitrogen and oxygen atoms in total. The molecule has 3 aromatic rings. The number of pyridine rings is 1. The van der Waals surface area contributed by atoms with Gasteiger partial charge in [0.1, 0.15) is 0 Å². The monoisotopic (exact) mass is 237 g/mol. The van der Waals surface area contributed by atoms with Crippen molar-refractivity contribution in [1.82, 2.24) is 14.8 Å². The first kappa shape index (κ1) is 10.5. The molecule has 0 saturated heterocycles. The largest absolute Gasteiger partial charge is 0.268 e. The van der Waals surface area contributed by atoms with E-state index in [1.165, 1.54) is 6.07 Å². The molecule has 1 N–H and O–H groups in total. The van der Waals surface area contributed by atoms with Crippen molar-refractivity contribution in [2.24, 2.45) is 0 Å². The van der Waals surface area contributed by atoms with Crippen LogP contribution < -0.4 is 5.56 Å². The Bertz CT molecular complexity index is 696. The first-order valence-electron chi connectivity index (χ1n) is 5.62. The zero-order valence-electron chi connectivity index (χ0n) is 9.58. The molecule has 4 heteroatoms. The number of benzene rings is 1. The number of hydrogen-bond donors (Lipinski definition) is 1. The Kier molecular flexibility index (Phi) is 2.53. The van der Waals surface area contributed by atoms with E-state index in [0.717, 1.165) is 16.9 Å². The predicted molar refractivity (Wildman–Crippen MR) is 69.6 cm³/mol. The van der Waals surface area contributed by atoms with Crippen molar-refractivity contribution < 1.29 is 0 Å². The van der Waals surface area contributed by atoms with Crippen LogP contribution in [0.4, 0.5) is 0 Å². The fourth-order valence-corrected chi connectivity index (χ4v) is 1.79. The van der Waals surface area contributed by atoms with Crippen molar-refractivity contribution in [3.8, 4) is 16.9 Å². The summed E-state index contributed by atoms with van der Waals surface area (Å²) < 4.78 is 1.64. The van der Waals surface area contributed by atoms with Crippen molar-refractivity contribution in [2.45, 2.75) is 0 Å². The van der Waals surface area contributed by atoms with Crippen LogP contribution in [-0.2, 0) is 0 Å². The van der Waals surface area contributed by atoms with E-state index in [-0.39, 0.29) is 5.56 Å². The highest BCUT2D eigenvalue weighted by molar-refractivity contribution is 5.59. The van der Waals surface area contributed by atoms with Crippen molar-refractivity contribution >= 4 is 0 Å². The second kappa shape index (κ2) is 4.33. The molecule has 0 atom stereocenters. The zero-order chi connectivity index (χ0) is 12.4. The van der Waals surface area contributed by atoms with Crippen molar-refractivity contribution in [3.05, 3.63) is 71.3 Å². The maximum absolute atomic E-state index is 11.1. The summed E-state index contributed by atoms with van der Waals surface area (Å²) in [5, 5.41) is 2.67. The topological polar surface area (TPSA) is 50.7 Å². The minimum atomic E-state index is -0.123. The summed E-state index contributed by atoms with van der Waals surface area (Å²) in [6.45, 7) is 0. The van der Waals surface area contributed by atoms with Crippen LogP contribution in [0.15, 0.2) is 65.7 Å². The molecule has 0 fully saturated rings. The van der Waals surface area contributed by atoms with Gasteiger partial charge in [0.2, 0.25) is 0 Å². The number of nitrogens with one attached hydrogen (secondary N) is 1. The van der Waals surface area contributed by atoms with Crippen molar-refractivity contribution in [3.63, 3.8) is 0 Å². The molecule has 0 saturated carbocycles. The number of hydrogen-bond acceptors (Lipinski definition) is 2. The number of aromatic amines is 1. The van der Waals surface area contributed by atoms with Gasteiger partial charge in [-0.15, -0.1) is 0 Å². The van der Waals surface area contributed by atoms with E-state index in [9.17, 15) is 4.79 Å². The predicted octanol–water partition coefficient (Wildman–Crippen LogP) is 2.23. The highest BCUT2D eigenvalue weighted by atomic mass is 16.1. The van der Waals surface area contributed by atoms with Gasteiger partial charge in [-0.05, 0) is 12.1 Å². The zero-order valence-corrected chi connectivity index (χ0v) is 9.58. The summed E-state index contributed by atoms with van der Waals surface area (Å²) >= 11 is 0. The molecule has 3 rings (SSSR count). The maximum atomic E-state index is 11.1. The Morgan fingerprint density at radius 3 is 2.44 bits per heavy atom. The average Bonchev–Trinajstić information content (AvgIpc) is 2.87. The highest BCUT2D eigenvalue weighted by Gasteiger charge is 2.00. The Balaban J connectivity index is 1.97. The summed E-state index contributed by atoms with van der Waals surface area (Å²) in [4.78, 5) is 15.4. The Hall–Kier alpha value is -2.62. The fraction of sp³-hybridized carbons (Fsp3) is 0. The van der Waals surface area contributed by atoms with E-state index in [2.05, 4.69) is 10.1 Å².